The number of anilines is 1. The molecule has 1 aliphatic heterocycles. The van der Waals surface area contributed by atoms with Gasteiger partial charge in [-0.3, -0.25) is 4.79 Å². The van der Waals surface area contributed by atoms with Gasteiger partial charge < -0.3 is 10.2 Å². The number of amides is 1. The Morgan fingerprint density at radius 3 is 2.78 bits per heavy atom. The maximum absolute atomic E-state index is 13.3. The van der Waals surface area contributed by atoms with E-state index in [0.717, 1.165) is 46.3 Å². The van der Waals surface area contributed by atoms with Crippen LogP contribution in [0, 0.1) is 17.6 Å². The molecule has 1 fully saturated rings. The summed E-state index contributed by atoms with van der Waals surface area (Å²) < 4.78 is 28.2. The molecule has 5 rings (SSSR count). The smallest absolute Gasteiger partial charge is 0.225 e. The highest BCUT2D eigenvalue weighted by molar-refractivity contribution is 7.20. The molecular formula is C23H21F2N5OS. The van der Waals surface area contributed by atoms with Crippen LogP contribution in [0.1, 0.15) is 18.4 Å². The Labute approximate surface area is 187 Å². The lowest BCUT2D eigenvalue weighted by Gasteiger charge is -2.31. The Kier molecular flexibility index (Phi) is 5.57. The zero-order valence-corrected chi connectivity index (χ0v) is 18.0. The number of halogens is 2. The number of hydrogen-bond acceptors (Lipinski definition) is 5. The molecule has 1 unspecified atom stereocenters. The topological polar surface area (TPSA) is 62.5 Å². The first-order chi connectivity index (χ1) is 15.5. The standard InChI is InChI=1S/C23H21F2N5OS/c24-18-8-6-16(7-9-18)20-14-30-22(27-20)32-23(28-30)29-10-2-4-17(13-29)21(31)26-12-15-3-1-5-19(25)11-15/h1,3,5-9,11,14,17H,2,4,10,12-13H2,(H,26,31). The van der Waals surface area contributed by atoms with Crippen molar-refractivity contribution in [3.05, 3.63) is 71.9 Å². The number of benzene rings is 2. The number of carbonyl (C=O) groups excluding carboxylic acids is 1. The van der Waals surface area contributed by atoms with E-state index in [1.54, 1.807) is 28.8 Å². The molecule has 4 aromatic rings. The van der Waals surface area contributed by atoms with Crippen molar-refractivity contribution in [3.8, 4) is 11.3 Å². The van der Waals surface area contributed by atoms with E-state index in [1.807, 2.05) is 6.20 Å². The van der Waals surface area contributed by atoms with Crippen molar-refractivity contribution in [1.29, 1.82) is 0 Å². The van der Waals surface area contributed by atoms with Crippen LogP contribution in [0.25, 0.3) is 16.2 Å². The molecule has 0 spiro atoms. The van der Waals surface area contributed by atoms with Crippen LogP contribution in [0.4, 0.5) is 13.9 Å². The largest absolute Gasteiger partial charge is 0.352 e. The van der Waals surface area contributed by atoms with Crippen molar-refractivity contribution < 1.29 is 13.6 Å². The number of hydrogen-bond donors (Lipinski definition) is 1. The van der Waals surface area contributed by atoms with Gasteiger partial charge in [0, 0.05) is 25.2 Å². The summed E-state index contributed by atoms with van der Waals surface area (Å²) in [5.41, 5.74) is 2.31. The second-order valence-corrected chi connectivity index (χ2v) is 8.81. The average molecular weight is 454 g/mol. The fraction of sp³-hybridized carbons (Fsp3) is 0.261. The Balaban J connectivity index is 1.25. The molecule has 0 saturated carbocycles. The predicted octanol–water partition coefficient (Wildman–Crippen LogP) is 4.27. The summed E-state index contributed by atoms with van der Waals surface area (Å²) in [5, 5.41) is 8.39. The van der Waals surface area contributed by atoms with Gasteiger partial charge in [-0.05, 0) is 54.8 Å². The zero-order valence-electron chi connectivity index (χ0n) is 17.2. The van der Waals surface area contributed by atoms with E-state index in [4.69, 9.17) is 0 Å². The molecule has 32 heavy (non-hydrogen) atoms. The third-order valence-electron chi connectivity index (χ3n) is 5.59. The molecule has 2 aromatic heterocycles. The molecule has 164 valence electrons. The van der Waals surface area contributed by atoms with Crippen LogP contribution in [-0.2, 0) is 11.3 Å². The van der Waals surface area contributed by atoms with Gasteiger partial charge in [-0.15, -0.1) is 5.10 Å². The second-order valence-electron chi connectivity index (χ2n) is 7.88. The van der Waals surface area contributed by atoms with Crippen molar-refractivity contribution in [3.63, 3.8) is 0 Å². The van der Waals surface area contributed by atoms with Crippen molar-refractivity contribution in [2.75, 3.05) is 18.0 Å². The zero-order chi connectivity index (χ0) is 22.1. The number of nitrogens with one attached hydrogen (secondary N) is 1. The van der Waals surface area contributed by atoms with E-state index in [9.17, 15) is 13.6 Å². The van der Waals surface area contributed by atoms with E-state index in [1.165, 1.54) is 35.6 Å². The molecular weight excluding hydrogens is 432 g/mol. The Hall–Kier alpha value is -3.33. The van der Waals surface area contributed by atoms with Crippen LogP contribution >= 0.6 is 11.3 Å². The molecule has 9 heteroatoms. The number of carbonyl (C=O) groups is 1. The van der Waals surface area contributed by atoms with Crippen LogP contribution in [0.3, 0.4) is 0 Å². The van der Waals surface area contributed by atoms with E-state index < -0.39 is 0 Å². The third-order valence-corrected chi connectivity index (χ3v) is 6.57. The minimum absolute atomic E-state index is 0.0288. The van der Waals surface area contributed by atoms with Crippen LogP contribution in [0.15, 0.2) is 54.7 Å². The Bertz CT molecular complexity index is 1220. The second kappa shape index (κ2) is 8.66. The van der Waals surface area contributed by atoms with Crippen molar-refractivity contribution in [2.24, 2.45) is 5.92 Å². The van der Waals surface area contributed by atoms with Gasteiger partial charge in [0.05, 0.1) is 17.8 Å². The molecule has 0 aliphatic carbocycles. The quantitative estimate of drug-likeness (QED) is 0.490. The van der Waals surface area contributed by atoms with Crippen molar-refractivity contribution in [2.45, 2.75) is 19.4 Å². The maximum atomic E-state index is 13.3. The van der Waals surface area contributed by atoms with Crippen LogP contribution in [0.2, 0.25) is 0 Å². The summed E-state index contributed by atoms with van der Waals surface area (Å²) in [7, 11) is 0. The number of fused-ring (bicyclic) bond motifs is 1. The first-order valence-corrected chi connectivity index (χ1v) is 11.3. The summed E-state index contributed by atoms with van der Waals surface area (Å²) in [6.45, 7) is 1.72. The minimum atomic E-state index is -0.308. The monoisotopic (exact) mass is 453 g/mol. The molecule has 1 aliphatic rings. The van der Waals surface area contributed by atoms with E-state index >= 15 is 0 Å². The highest BCUT2D eigenvalue weighted by Gasteiger charge is 2.28. The number of aromatic nitrogens is 3. The van der Waals surface area contributed by atoms with Crippen LogP contribution in [-0.4, -0.2) is 33.6 Å². The summed E-state index contributed by atoms with van der Waals surface area (Å²) >= 11 is 1.47. The Morgan fingerprint density at radius 2 is 2.00 bits per heavy atom. The molecule has 2 aromatic carbocycles. The van der Waals surface area contributed by atoms with Gasteiger partial charge in [-0.2, -0.15) is 0 Å². The fourth-order valence-electron chi connectivity index (χ4n) is 3.92. The SMILES string of the molecule is O=C(NCc1cccc(F)c1)C1CCCN(c2nn3cc(-c4ccc(F)cc4)nc3s2)C1. The highest BCUT2D eigenvalue weighted by Crippen LogP contribution is 2.30. The van der Waals surface area contributed by atoms with Gasteiger partial charge in [0.25, 0.3) is 0 Å². The van der Waals surface area contributed by atoms with Gasteiger partial charge in [0.2, 0.25) is 16.0 Å². The molecule has 1 saturated heterocycles. The molecule has 0 bridgehead atoms. The summed E-state index contributed by atoms with van der Waals surface area (Å²) in [4.78, 5) is 20.2. The fourth-order valence-corrected chi connectivity index (χ4v) is 4.84. The predicted molar refractivity (Wildman–Crippen MR) is 119 cm³/mol. The average Bonchev–Trinajstić information content (AvgIpc) is 3.38. The molecule has 3 heterocycles. The van der Waals surface area contributed by atoms with Crippen molar-refractivity contribution >= 4 is 27.3 Å². The lowest BCUT2D eigenvalue weighted by molar-refractivity contribution is -0.125. The summed E-state index contributed by atoms with van der Waals surface area (Å²) in [5.74, 6) is -0.769. The highest BCUT2D eigenvalue weighted by atomic mass is 32.1. The molecule has 1 N–H and O–H groups in total. The number of nitrogens with zero attached hydrogens (tertiary/aromatic N) is 4. The number of imidazole rings is 1. The van der Waals surface area contributed by atoms with Gasteiger partial charge in [0.1, 0.15) is 11.6 Å². The maximum Gasteiger partial charge on any atom is 0.225 e. The van der Waals surface area contributed by atoms with Gasteiger partial charge >= 0.3 is 0 Å². The van der Waals surface area contributed by atoms with Crippen LogP contribution < -0.4 is 10.2 Å². The molecule has 1 amide bonds. The lowest BCUT2D eigenvalue weighted by atomic mass is 9.97. The van der Waals surface area contributed by atoms with E-state index in [0.29, 0.717) is 13.1 Å². The summed E-state index contributed by atoms with van der Waals surface area (Å²) in [6.07, 6.45) is 3.53. The first kappa shape index (κ1) is 20.6. The van der Waals surface area contributed by atoms with Gasteiger partial charge in [-0.25, -0.2) is 18.3 Å². The van der Waals surface area contributed by atoms with E-state index in [2.05, 4.69) is 20.3 Å². The minimum Gasteiger partial charge on any atom is -0.352 e. The number of piperidine rings is 1. The van der Waals surface area contributed by atoms with Gasteiger partial charge in [-0.1, -0.05) is 23.5 Å². The first-order valence-electron chi connectivity index (χ1n) is 10.4. The normalized spacial score (nSPS) is 16.4. The van der Waals surface area contributed by atoms with Crippen LogP contribution in [0.5, 0.6) is 0 Å². The molecule has 0 radical (unpaired) electrons. The summed E-state index contributed by atoms with van der Waals surface area (Å²) in [6, 6.07) is 12.5. The number of rotatable bonds is 5. The third kappa shape index (κ3) is 4.34. The van der Waals surface area contributed by atoms with Gasteiger partial charge in [0.15, 0.2) is 0 Å². The lowest BCUT2D eigenvalue weighted by Crippen LogP contribution is -2.43. The van der Waals surface area contributed by atoms with Crippen molar-refractivity contribution in [1.82, 2.24) is 19.9 Å². The molecule has 6 nitrogen and oxygen atoms in total. The molecule has 1 atom stereocenters. The Morgan fingerprint density at radius 1 is 1.16 bits per heavy atom. The van der Waals surface area contributed by atoms with E-state index in [-0.39, 0.29) is 23.5 Å².